The maximum atomic E-state index is 5.44. The zero-order chi connectivity index (χ0) is 13.4. The van der Waals surface area contributed by atoms with E-state index in [2.05, 4.69) is 22.3 Å². The molecule has 0 saturated carbocycles. The Labute approximate surface area is 120 Å². The van der Waals surface area contributed by atoms with Gasteiger partial charge in [0.25, 0.3) is 0 Å². The summed E-state index contributed by atoms with van der Waals surface area (Å²) in [5.74, 6) is 1.75. The molecule has 2 saturated heterocycles. The highest BCUT2D eigenvalue weighted by Gasteiger charge is 2.34. The molecule has 108 valence electrons. The molecule has 1 aromatic rings. The predicted octanol–water partition coefficient (Wildman–Crippen LogP) is 2.13. The van der Waals surface area contributed by atoms with Gasteiger partial charge in [0.1, 0.15) is 0 Å². The molecular weight excluding hydrogens is 252 g/mol. The molecule has 1 aromatic carbocycles. The largest absolute Gasteiger partial charge is 0.454 e. The van der Waals surface area contributed by atoms with Gasteiger partial charge in [-0.15, -0.1) is 0 Å². The zero-order valence-corrected chi connectivity index (χ0v) is 11.8. The standard InChI is InChI=1S/C16H22N2O2/c1-2-7-18-8-6-13(14(18)3-1)17-10-12-4-5-15-16(9-12)20-11-19-15/h4-5,9,13-14,17H,1-3,6-8,10-11H2. The number of hydrogen-bond donors (Lipinski definition) is 1. The normalized spacial score (nSPS) is 28.6. The van der Waals surface area contributed by atoms with Gasteiger partial charge < -0.3 is 14.8 Å². The van der Waals surface area contributed by atoms with Gasteiger partial charge in [0.05, 0.1) is 0 Å². The quantitative estimate of drug-likeness (QED) is 0.915. The fourth-order valence-corrected chi connectivity index (χ4v) is 3.79. The first-order chi connectivity index (χ1) is 9.90. The molecule has 0 aliphatic carbocycles. The van der Waals surface area contributed by atoms with Gasteiger partial charge in [-0.2, -0.15) is 0 Å². The predicted molar refractivity (Wildman–Crippen MR) is 77.0 cm³/mol. The average Bonchev–Trinajstić information content (AvgIpc) is 3.11. The Hall–Kier alpha value is -1.26. The molecular formula is C16H22N2O2. The fourth-order valence-electron chi connectivity index (χ4n) is 3.79. The molecule has 2 fully saturated rings. The number of rotatable bonds is 3. The highest BCUT2D eigenvalue weighted by Crippen LogP contribution is 2.33. The second kappa shape index (κ2) is 5.26. The van der Waals surface area contributed by atoms with Crippen LogP contribution in [-0.4, -0.2) is 36.9 Å². The number of piperidine rings is 1. The van der Waals surface area contributed by atoms with Crippen LogP contribution in [0.4, 0.5) is 0 Å². The highest BCUT2D eigenvalue weighted by atomic mass is 16.7. The lowest BCUT2D eigenvalue weighted by atomic mass is 9.99. The van der Waals surface area contributed by atoms with Crippen LogP contribution in [0.2, 0.25) is 0 Å². The van der Waals surface area contributed by atoms with Gasteiger partial charge in [0.15, 0.2) is 11.5 Å². The number of fused-ring (bicyclic) bond motifs is 2. The van der Waals surface area contributed by atoms with Crippen LogP contribution in [0.25, 0.3) is 0 Å². The topological polar surface area (TPSA) is 33.7 Å². The van der Waals surface area contributed by atoms with Crippen LogP contribution in [0, 0.1) is 0 Å². The molecule has 1 N–H and O–H groups in total. The van der Waals surface area contributed by atoms with E-state index < -0.39 is 0 Å². The van der Waals surface area contributed by atoms with E-state index >= 15 is 0 Å². The molecule has 0 aromatic heterocycles. The number of ether oxygens (including phenoxy) is 2. The average molecular weight is 274 g/mol. The van der Waals surface area contributed by atoms with Crippen molar-refractivity contribution in [2.24, 2.45) is 0 Å². The van der Waals surface area contributed by atoms with Crippen molar-refractivity contribution in [3.8, 4) is 11.5 Å². The van der Waals surface area contributed by atoms with Crippen molar-refractivity contribution in [3.05, 3.63) is 23.8 Å². The summed E-state index contributed by atoms with van der Waals surface area (Å²) in [6, 6.07) is 7.66. The third kappa shape index (κ3) is 2.27. The summed E-state index contributed by atoms with van der Waals surface area (Å²) in [6.45, 7) is 3.84. The Morgan fingerprint density at radius 1 is 1.10 bits per heavy atom. The van der Waals surface area contributed by atoms with Crippen LogP contribution in [0.15, 0.2) is 18.2 Å². The fraction of sp³-hybridized carbons (Fsp3) is 0.625. The molecule has 2 unspecified atom stereocenters. The molecule has 3 aliphatic rings. The van der Waals surface area contributed by atoms with Crippen molar-refractivity contribution in [2.75, 3.05) is 19.9 Å². The Kier molecular flexibility index (Phi) is 3.28. The number of benzene rings is 1. The van der Waals surface area contributed by atoms with E-state index in [1.54, 1.807) is 0 Å². The van der Waals surface area contributed by atoms with E-state index in [1.165, 1.54) is 44.3 Å². The third-order valence-corrected chi connectivity index (χ3v) is 4.86. The van der Waals surface area contributed by atoms with Gasteiger partial charge in [0.2, 0.25) is 6.79 Å². The van der Waals surface area contributed by atoms with E-state index in [0.717, 1.165) is 24.1 Å². The second-order valence-electron chi connectivity index (χ2n) is 6.06. The van der Waals surface area contributed by atoms with Crippen LogP contribution >= 0.6 is 0 Å². The first kappa shape index (κ1) is 12.5. The van der Waals surface area contributed by atoms with Crippen molar-refractivity contribution in [1.29, 1.82) is 0 Å². The van der Waals surface area contributed by atoms with Crippen molar-refractivity contribution in [1.82, 2.24) is 10.2 Å². The Morgan fingerprint density at radius 3 is 3.05 bits per heavy atom. The molecule has 3 heterocycles. The molecule has 4 heteroatoms. The first-order valence-electron chi connectivity index (χ1n) is 7.76. The molecule has 4 nitrogen and oxygen atoms in total. The van der Waals surface area contributed by atoms with E-state index in [0.29, 0.717) is 12.8 Å². The van der Waals surface area contributed by atoms with Crippen molar-refractivity contribution in [2.45, 2.75) is 44.3 Å². The summed E-state index contributed by atoms with van der Waals surface area (Å²) in [6.07, 6.45) is 5.42. The van der Waals surface area contributed by atoms with Crippen LogP contribution < -0.4 is 14.8 Å². The molecule has 20 heavy (non-hydrogen) atoms. The Morgan fingerprint density at radius 2 is 2.05 bits per heavy atom. The maximum absolute atomic E-state index is 5.44. The summed E-state index contributed by atoms with van der Waals surface area (Å²) in [5, 5.41) is 3.75. The monoisotopic (exact) mass is 274 g/mol. The van der Waals surface area contributed by atoms with Crippen LogP contribution in [0.1, 0.15) is 31.2 Å². The van der Waals surface area contributed by atoms with E-state index in [4.69, 9.17) is 9.47 Å². The maximum Gasteiger partial charge on any atom is 0.231 e. The molecule has 2 atom stereocenters. The van der Waals surface area contributed by atoms with E-state index in [-0.39, 0.29) is 0 Å². The minimum atomic E-state index is 0.353. The number of hydrogen-bond acceptors (Lipinski definition) is 4. The Bertz CT molecular complexity index is 491. The second-order valence-corrected chi connectivity index (χ2v) is 6.06. The van der Waals surface area contributed by atoms with Gasteiger partial charge in [-0.3, -0.25) is 4.90 Å². The van der Waals surface area contributed by atoms with Crippen molar-refractivity contribution < 1.29 is 9.47 Å². The summed E-state index contributed by atoms with van der Waals surface area (Å²) in [4.78, 5) is 2.67. The SMILES string of the molecule is c1cc2c(cc1CNC1CCN3CCCCC13)OCO2. The van der Waals surface area contributed by atoms with Crippen molar-refractivity contribution >= 4 is 0 Å². The van der Waals surface area contributed by atoms with Gasteiger partial charge in [-0.1, -0.05) is 12.5 Å². The summed E-state index contributed by atoms with van der Waals surface area (Å²) in [7, 11) is 0. The minimum Gasteiger partial charge on any atom is -0.454 e. The van der Waals surface area contributed by atoms with E-state index in [9.17, 15) is 0 Å². The summed E-state index contributed by atoms with van der Waals surface area (Å²) in [5.41, 5.74) is 1.28. The first-order valence-corrected chi connectivity index (χ1v) is 7.76. The van der Waals surface area contributed by atoms with Gasteiger partial charge in [0, 0.05) is 25.2 Å². The van der Waals surface area contributed by atoms with Gasteiger partial charge in [-0.05, 0) is 43.5 Å². The molecule has 3 aliphatic heterocycles. The lowest BCUT2D eigenvalue weighted by Crippen LogP contribution is -2.44. The Balaban J connectivity index is 1.38. The lowest BCUT2D eigenvalue weighted by molar-refractivity contribution is 0.174. The minimum absolute atomic E-state index is 0.353. The van der Waals surface area contributed by atoms with Crippen molar-refractivity contribution in [3.63, 3.8) is 0 Å². The van der Waals surface area contributed by atoms with Gasteiger partial charge in [-0.25, -0.2) is 0 Å². The highest BCUT2D eigenvalue weighted by molar-refractivity contribution is 5.44. The third-order valence-electron chi connectivity index (χ3n) is 4.86. The zero-order valence-electron chi connectivity index (χ0n) is 11.8. The van der Waals surface area contributed by atoms with Crippen LogP contribution in [0.3, 0.4) is 0 Å². The lowest BCUT2D eigenvalue weighted by Gasteiger charge is -2.32. The number of nitrogens with zero attached hydrogens (tertiary/aromatic N) is 1. The molecule has 0 spiro atoms. The van der Waals surface area contributed by atoms with Gasteiger partial charge >= 0.3 is 0 Å². The molecule has 4 rings (SSSR count). The smallest absolute Gasteiger partial charge is 0.231 e. The summed E-state index contributed by atoms with van der Waals surface area (Å²) >= 11 is 0. The van der Waals surface area contributed by atoms with Crippen LogP contribution in [-0.2, 0) is 6.54 Å². The van der Waals surface area contributed by atoms with Crippen LogP contribution in [0.5, 0.6) is 11.5 Å². The molecule has 0 amide bonds. The van der Waals surface area contributed by atoms with E-state index in [1.807, 2.05) is 6.07 Å². The molecule has 0 radical (unpaired) electrons. The molecule has 0 bridgehead atoms. The summed E-state index contributed by atoms with van der Waals surface area (Å²) < 4.78 is 10.8. The number of nitrogens with one attached hydrogen (secondary N) is 1.